The maximum Gasteiger partial charge on any atom is 0.245 e. The number of hydrogen-bond acceptors (Lipinski definition) is 7. The van der Waals surface area contributed by atoms with E-state index in [0.29, 0.717) is 11.4 Å². The first-order valence-corrected chi connectivity index (χ1v) is 10.1. The van der Waals surface area contributed by atoms with Gasteiger partial charge in [0.05, 0.1) is 24.4 Å². The van der Waals surface area contributed by atoms with Crippen molar-refractivity contribution in [2.24, 2.45) is 14.5 Å². The lowest BCUT2D eigenvalue weighted by Gasteiger charge is -2.34. The molecule has 0 bridgehead atoms. The highest BCUT2D eigenvalue weighted by Gasteiger charge is 2.32. The number of carbonyl (C=O) groups is 2. The van der Waals surface area contributed by atoms with Crippen molar-refractivity contribution < 1.29 is 18.0 Å². The van der Waals surface area contributed by atoms with Crippen LogP contribution >= 0.6 is 12.4 Å². The van der Waals surface area contributed by atoms with Gasteiger partial charge < -0.3 is 16.0 Å². The third-order valence-electron chi connectivity index (χ3n) is 4.08. The summed E-state index contributed by atoms with van der Waals surface area (Å²) in [6.07, 6.45) is 0. The number of sulfonamides is 1. The van der Waals surface area contributed by atoms with Gasteiger partial charge in [-0.05, 0) is 12.1 Å². The Bertz CT molecular complexity index is 908. The van der Waals surface area contributed by atoms with Crippen molar-refractivity contribution in [1.82, 2.24) is 14.5 Å². The summed E-state index contributed by atoms with van der Waals surface area (Å²) in [7, 11) is -3.72. The van der Waals surface area contributed by atoms with Crippen LogP contribution in [-0.4, -0.2) is 68.7 Å². The Morgan fingerprint density at radius 2 is 1.89 bits per heavy atom. The molecular formula is C14H19ClN6O4S2. The van der Waals surface area contributed by atoms with E-state index >= 15 is 0 Å². The minimum absolute atomic E-state index is 0. The van der Waals surface area contributed by atoms with Gasteiger partial charge in [0, 0.05) is 26.2 Å². The lowest BCUT2D eigenvalue weighted by atomic mass is 10.3. The third-order valence-corrected chi connectivity index (χ3v) is 6.55. The average molecular weight is 435 g/mol. The third kappa shape index (κ3) is 4.52. The highest BCUT2D eigenvalue weighted by Crippen LogP contribution is 2.38. The van der Waals surface area contributed by atoms with Gasteiger partial charge in [-0.2, -0.15) is 13.0 Å². The van der Waals surface area contributed by atoms with E-state index < -0.39 is 15.9 Å². The van der Waals surface area contributed by atoms with Crippen molar-refractivity contribution in [1.29, 1.82) is 0 Å². The van der Waals surface area contributed by atoms with Crippen molar-refractivity contribution in [2.75, 3.05) is 39.3 Å². The topological polar surface area (TPSA) is 138 Å². The van der Waals surface area contributed by atoms with Gasteiger partial charge in [-0.25, -0.2) is 8.42 Å². The molecule has 0 radical (unpaired) electrons. The molecule has 2 amide bonds. The van der Waals surface area contributed by atoms with Crippen LogP contribution in [-0.2, 0) is 31.0 Å². The van der Waals surface area contributed by atoms with Crippen LogP contribution in [0.4, 0.5) is 11.4 Å². The van der Waals surface area contributed by atoms with E-state index in [2.05, 4.69) is 14.0 Å². The molecule has 0 unspecified atom stereocenters. The number of nitrogens with zero attached hydrogens (tertiary/aromatic N) is 4. The lowest BCUT2D eigenvalue weighted by Crippen LogP contribution is -2.52. The Hall–Kier alpha value is -1.86. The average Bonchev–Trinajstić information content (AvgIpc) is 3.14. The van der Waals surface area contributed by atoms with Crippen molar-refractivity contribution in [3.63, 3.8) is 0 Å². The molecule has 2 aliphatic rings. The Balaban J connectivity index is 0.00000261. The first-order chi connectivity index (χ1) is 12.4. The number of rotatable bonds is 5. The number of benzene rings is 1. The monoisotopic (exact) mass is 434 g/mol. The number of amides is 2. The summed E-state index contributed by atoms with van der Waals surface area (Å²) >= 11 is 0.964. The molecule has 0 spiro atoms. The molecule has 2 aliphatic heterocycles. The molecular weight excluding hydrogens is 416 g/mol. The fraction of sp³-hybridized carbons (Fsp3) is 0.429. The molecule has 0 aliphatic carbocycles. The van der Waals surface area contributed by atoms with Crippen molar-refractivity contribution in [3.05, 3.63) is 18.2 Å². The summed E-state index contributed by atoms with van der Waals surface area (Å²) in [5.41, 5.74) is 6.07. The van der Waals surface area contributed by atoms with Crippen LogP contribution in [0.15, 0.2) is 31.8 Å². The molecule has 1 saturated heterocycles. The molecule has 10 nitrogen and oxygen atoms in total. The molecule has 1 fully saturated rings. The van der Waals surface area contributed by atoms with E-state index in [9.17, 15) is 18.0 Å². The fourth-order valence-corrected chi connectivity index (χ4v) is 4.84. The SMILES string of the molecule is Cl.NCC(=O)NCC(=O)N1CCN(S(=O)(=O)c2cccc3c2N=S=N3)CC1. The van der Waals surface area contributed by atoms with Gasteiger partial charge in [0.15, 0.2) is 0 Å². The van der Waals surface area contributed by atoms with Crippen molar-refractivity contribution >= 4 is 57.0 Å². The Labute approximate surface area is 166 Å². The number of nitrogens with one attached hydrogen (secondary N) is 1. The van der Waals surface area contributed by atoms with Crippen LogP contribution < -0.4 is 11.1 Å². The molecule has 3 rings (SSSR count). The summed E-state index contributed by atoms with van der Waals surface area (Å²) < 4.78 is 35.3. The molecule has 0 saturated carbocycles. The van der Waals surface area contributed by atoms with E-state index in [1.807, 2.05) is 0 Å². The van der Waals surface area contributed by atoms with E-state index in [-0.39, 0.29) is 62.5 Å². The smallest absolute Gasteiger partial charge is 0.245 e. The van der Waals surface area contributed by atoms with Gasteiger partial charge in [0.2, 0.25) is 21.8 Å². The number of nitrogens with two attached hydrogens (primary N) is 1. The zero-order chi connectivity index (χ0) is 18.7. The molecule has 2 heterocycles. The minimum Gasteiger partial charge on any atom is -0.346 e. The second-order valence-electron chi connectivity index (χ2n) is 5.65. The quantitative estimate of drug-likeness (QED) is 0.667. The van der Waals surface area contributed by atoms with Gasteiger partial charge in [-0.15, -0.1) is 12.4 Å². The van der Waals surface area contributed by atoms with Gasteiger partial charge in [0.1, 0.15) is 16.3 Å². The number of hydrogen-bond donors (Lipinski definition) is 2. The lowest BCUT2D eigenvalue weighted by molar-refractivity contribution is -0.133. The summed E-state index contributed by atoms with van der Waals surface area (Å²) in [6, 6.07) is 4.86. The van der Waals surface area contributed by atoms with Crippen LogP contribution in [0.1, 0.15) is 0 Å². The van der Waals surface area contributed by atoms with Crippen LogP contribution in [0.2, 0.25) is 0 Å². The first-order valence-electron chi connectivity index (χ1n) is 7.89. The van der Waals surface area contributed by atoms with Crippen LogP contribution in [0.3, 0.4) is 0 Å². The zero-order valence-corrected chi connectivity index (χ0v) is 16.6. The molecule has 0 atom stereocenters. The number of fused-ring (bicyclic) bond motifs is 1. The molecule has 3 N–H and O–H groups in total. The minimum atomic E-state index is -3.72. The van der Waals surface area contributed by atoms with Gasteiger partial charge in [-0.3, -0.25) is 9.59 Å². The molecule has 13 heteroatoms. The highest BCUT2D eigenvalue weighted by atomic mass is 35.5. The van der Waals surface area contributed by atoms with E-state index in [4.69, 9.17) is 5.73 Å². The maximum absolute atomic E-state index is 12.9. The Morgan fingerprint density at radius 3 is 2.56 bits per heavy atom. The van der Waals surface area contributed by atoms with Crippen molar-refractivity contribution in [3.8, 4) is 0 Å². The summed E-state index contributed by atoms with van der Waals surface area (Å²) in [5.74, 6) is -0.681. The molecule has 1 aromatic carbocycles. The van der Waals surface area contributed by atoms with E-state index in [1.54, 1.807) is 12.1 Å². The van der Waals surface area contributed by atoms with Crippen LogP contribution in [0.25, 0.3) is 0 Å². The van der Waals surface area contributed by atoms with Gasteiger partial charge >= 0.3 is 0 Å². The van der Waals surface area contributed by atoms with E-state index in [0.717, 1.165) is 11.4 Å². The normalized spacial score (nSPS) is 16.3. The fourth-order valence-electron chi connectivity index (χ4n) is 2.66. The number of piperazine rings is 1. The summed E-state index contributed by atoms with van der Waals surface area (Å²) in [6.45, 7) is 0.520. The molecule has 27 heavy (non-hydrogen) atoms. The standard InChI is InChI=1S/C14H18N6O4S2.ClH/c15-8-12(21)16-9-13(22)19-4-6-20(7-5-19)26(23,24)11-3-1-2-10-14(11)18-25-17-10;/h1-3H,4-9,15H2,(H,16,21);1H. The Kier molecular flexibility index (Phi) is 7.06. The van der Waals surface area contributed by atoms with Crippen LogP contribution in [0, 0.1) is 0 Å². The maximum atomic E-state index is 12.9. The Morgan fingerprint density at radius 1 is 1.19 bits per heavy atom. The number of halogens is 1. The molecule has 148 valence electrons. The van der Waals surface area contributed by atoms with E-state index in [1.165, 1.54) is 15.3 Å². The highest BCUT2D eigenvalue weighted by molar-refractivity contribution is 7.89. The predicted molar refractivity (Wildman–Crippen MR) is 103 cm³/mol. The van der Waals surface area contributed by atoms with Gasteiger partial charge in [0.25, 0.3) is 0 Å². The first kappa shape index (κ1) is 21.4. The molecule has 1 aromatic rings. The predicted octanol–water partition coefficient (Wildman–Crippen LogP) is -0.257. The zero-order valence-electron chi connectivity index (χ0n) is 14.2. The number of carbonyl (C=O) groups excluding carboxylic acids is 2. The summed E-state index contributed by atoms with van der Waals surface area (Å²) in [4.78, 5) is 24.8. The second kappa shape index (κ2) is 8.89. The van der Waals surface area contributed by atoms with Crippen molar-refractivity contribution in [2.45, 2.75) is 4.90 Å². The van der Waals surface area contributed by atoms with Gasteiger partial charge in [-0.1, -0.05) is 6.07 Å². The molecule has 0 aromatic heterocycles. The van der Waals surface area contributed by atoms with Crippen LogP contribution in [0.5, 0.6) is 0 Å². The second-order valence-corrected chi connectivity index (χ2v) is 8.09. The summed E-state index contributed by atoms with van der Waals surface area (Å²) in [5, 5.41) is 2.41. The largest absolute Gasteiger partial charge is 0.346 e.